The first kappa shape index (κ1) is 19.2. The highest BCUT2D eigenvalue weighted by Crippen LogP contribution is 2.32. The van der Waals surface area contributed by atoms with Crippen LogP contribution in [-0.4, -0.2) is 56.8 Å². The normalized spacial score (nSPS) is 24.7. The Balaban J connectivity index is 1.96. The van der Waals surface area contributed by atoms with E-state index in [1.165, 1.54) is 17.5 Å². The molecule has 1 aromatic carbocycles. The molecule has 0 aromatic heterocycles. The fraction of sp³-hybridized carbons (Fsp3) is 0.632. The second-order valence-electron chi connectivity index (χ2n) is 7.63. The maximum Gasteiger partial charge on any atom is 0.253 e. The zero-order valence-corrected chi connectivity index (χ0v) is 16.6. The Hall–Kier alpha value is -1.60. The van der Waals surface area contributed by atoms with Crippen molar-refractivity contribution in [2.24, 2.45) is 11.8 Å². The molecule has 26 heavy (non-hydrogen) atoms. The SMILES string of the molecule is COc1ccc(C(=O)N2CCCC2)cc1S(=O)(=O)N1CC(C)CC(C)C1. The van der Waals surface area contributed by atoms with Crippen LogP contribution in [0.2, 0.25) is 0 Å². The Morgan fingerprint density at radius 3 is 2.31 bits per heavy atom. The fourth-order valence-electron chi connectivity index (χ4n) is 4.06. The molecule has 3 rings (SSSR count). The van der Waals surface area contributed by atoms with E-state index in [4.69, 9.17) is 4.74 Å². The van der Waals surface area contributed by atoms with Crippen LogP contribution in [-0.2, 0) is 10.0 Å². The van der Waals surface area contributed by atoms with Crippen LogP contribution in [0.3, 0.4) is 0 Å². The van der Waals surface area contributed by atoms with Crippen molar-refractivity contribution in [2.45, 2.75) is 38.0 Å². The summed E-state index contributed by atoms with van der Waals surface area (Å²) in [4.78, 5) is 14.6. The van der Waals surface area contributed by atoms with Crippen LogP contribution in [0.15, 0.2) is 23.1 Å². The van der Waals surface area contributed by atoms with Crippen LogP contribution in [0, 0.1) is 11.8 Å². The number of carbonyl (C=O) groups excluding carboxylic acids is 1. The summed E-state index contributed by atoms with van der Waals surface area (Å²) in [5, 5.41) is 0. The third kappa shape index (κ3) is 3.74. The Morgan fingerprint density at radius 2 is 1.73 bits per heavy atom. The molecule has 0 bridgehead atoms. The predicted octanol–water partition coefficient (Wildman–Crippen LogP) is 2.60. The standard InChI is InChI=1S/C19H28N2O4S/c1-14-10-15(2)13-21(12-14)26(23,24)18-11-16(6-7-17(18)25-3)19(22)20-8-4-5-9-20/h6-7,11,14-15H,4-5,8-10,12-13H2,1-3H3. The molecule has 7 heteroatoms. The average molecular weight is 381 g/mol. The number of methoxy groups -OCH3 is 1. The van der Waals surface area contributed by atoms with Gasteiger partial charge in [-0.15, -0.1) is 0 Å². The number of hydrogen-bond donors (Lipinski definition) is 0. The molecule has 0 spiro atoms. The van der Waals surface area contributed by atoms with Crippen LogP contribution in [0.4, 0.5) is 0 Å². The Kier molecular flexibility index (Phi) is 5.58. The lowest BCUT2D eigenvalue weighted by Gasteiger charge is -2.34. The zero-order chi connectivity index (χ0) is 18.9. The lowest BCUT2D eigenvalue weighted by Crippen LogP contribution is -2.42. The van der Waals surface area contributed by atoms with Crippen LogP contribution < -0.4 is 4.74 Å². The van der Waals surface area contributed by atoms with Crippen molar-refractivity contribution in [3.8, 4) is 5.75 Å². The molecule has 0 N–H and O–H groups in total. The van der Waals surface area contributed by atoms with E-state index >= 15 is 0 Å². The first-order valence-electron chi connectivity index (χ1n) is 9.30. The highest BCUT2D eigenvalue weighted by Gasteiger charge is 2.34. The molecule has 1 amide bonds. The summed E-state index contributed by atoms with van der Waals surface area (Å²) < 4.78 is 33.4. The van der Waals surface area contributed by atoms with Gasteiger partial charge in [0, 0.05) is 31.7 Å². The minimum Gasteiger partial charge on any atom is -0.495 e. The largest absolute Gasteiger partial charge is 0.495 e. The van der Waals surface area contributed by atoms with Gasteiger partial charge in [0.15, 0.2) is 0 Å². The van der Waals surface area contributed by atoms with Gasteiger partial charge < -0.3 is 9.64 Å². The van der Waals surface area contributed by atoms with Gasteiger partial charge in [-0.05, 0) is 49.3 Å². The van der Waals surface area contributed by atoms with Gasteiger partial charge in [0.25, 0.3) is 5.91 Å². The van der Waals surface area contributed by atoms with Crippen LogP contribution in [0.25, 0.3) is 0 Å². The summed E-state index contributed by atoms with van der Waals surface area (Å²) >= 11 is 0. The molecule has 6 nitrogen and oxygen atoms in total. The fourth-order valence-corrected chi connectivity index (χ4v) is 5.92. The van der Waals surface area contributed by atoms with E-state index in [9.17, 15) is 13.2 Å². The van der Waals surface area contributed by atoms with E-state index in [0.717, 1.165) is 32.4 Å². The van der Waals surface area contributed by atoms with Crippen LogP contribution in [0.1, 0.15) is 43.5 Å². The molecule has 2 fully saturated rings. The third-order valence-corrected chi connectivity index (χ3v) is 7.11. The molecule has 0 radical (unpaired) electrons. The van der Waals surface area contributed by atoms with Gasteiger partial charge in [-0.2, -0.15) is 4.31 Å². The first-order chi connectivity index (χ1) is 12.3. The van der Waals surface area contributed by atoms with E-state index < -0.39 is 10.0 Å². The monoisotopic (exact) mass is 380 g/mol. The quantitative estimate of drug-likeness (QED) is 0.805. The Morgan fingerprint density at radius 1 is 1.12 bits per heavy atom. The second-order valence-corrected chi connectivity index (χ2v) is 9.54. The molecular formula is C19H28N2O4S. The van der Waals surface area contributed by atoms with Crippen molar-refractivity contribution in [1.29, 1.82) is 0 Å². The molecule has 2 saturated heterocycles. The number of sulfonamides is 1. The van der Waals surface area contributed by atoms with E-state index in [-0.39, 0.29) is 16.6 Å². The number of ether oxygens (including phenoxy) is 1. The highest BCUT2D eigenvalue weighted by atomic mass is 32.2. The summed E-state index contributed by atoms with van der Waals surface area (Å²) in [5.41, 5.74) is 0.407. The molecule has 2 heterocycles. The summed E-state index contributed by atoms with van der Waals surface area (Å²) in [6.07, 6.45) is 3.02. The van der Waals surface area contributed by atoms with Gasteiger partial charge in [-0.25, -0.2) is 8.42 Å². The third-order valence-electron chi connectivity index (χ3n) is 5.26. The van der Waals surface area contributed by atoms with Gasteiger partial charge in [0.2, 0.25) is 10.0 Å². The van der Waals surface area contributed by atoms with Gasteiger partial charge in [-0.1, -0.05) is 13.8 Å². The average Bonchev–Trinajstić information content (AvgIpc) is 3.14. The van der Waals surface area contributed by atoms with Crippen molar-refractivity contribution >= 4 is 15.9 Å². The number of hydrogen-bond acceptors (Lipinski definition) is 4. The minimum atomic E-state index is -3.71. The zero-order valence-electron chi connectivity index (χ0n) is 15.8. The number of nitrogens with zero attached hydrogens (tertiary/aromatic N) is 2. The summed E-state index contributed by atoms with van der Waals surface area (Å²) in [6, 6.07) is 4.73. The molecule has 2 aliphatic heterocycles. The lowest BCUT2D eigenvalue weighted by atomic mass is 9.94. The topological polar surface area (TPSA) is 66.9 Å². The molecular weight excluding hydrogens is 352 g/mol. The molecule has 144 valence electrons. The van der Waals surface area contributed by atoms with E-state index in [1.807, 2.05) is 0 Å². The highest BCUT2D eigenvalue weighted by molar-refractivity contribution is 7.89. The van der Waals surface area contributed by atoms with Crippen LogP contribution in [0.5, 0.6) is 5.75 Å². The van der Waals surface area contributed by atoms with E-state index in [2.05, 4.69) is 13.8 Å². The number of likely N-dealkylation sites (tertiary alicyclic amines) is 1. The van der Waals surface area contributed by atoms with Gasteiger partial charge in [0.1, 0.15) is 10.6 Å². The van der Waals surface area contributed by atoms with Crippen molar-refractivity contribution in [3.05, 3.63) is 23.8 Å². The summed E-state index contributed by atoms with van der Waals surface area (Å²) in [6.45, 7) is 6.61. The lowest BCUT2D eigenvalue weighted by molar-refractivity contribution is 0.0792. The minimum absolute atomic E-state index is 0.0892. The Bertz CT molecular complexity index is 762. The van der Waals surface area contributed by atoms with E-state index in [1.54, 1.807) is 17.0 Å². The number of carbonyl (C=O) groups is 1. The summed E-state index contributed by atoms with van der Waals surface area (Å²) in [5.74, 6) is 0.804. The predicted molar refractivity (Wildman–Crippen MR) is 99.8 cm³/mol. The first-order valence-corrected chi connectivity index (χ1v) is 10.7. The molecule has 2 aliphatic rings. The number of rotatable bonds is 4. The molecule has 1 aromatic rings. The van der Waals surface area contributed by atoms with Crippen molar-refractivity contribution in [1.82, 2.24) is 9.21 Å². The van der Waals surface area contributed by atoms with Gasteiger partial charge >= 0.3 is 0 Å². The molecule has 0 saturated carbocycles. The van der Waals surface area contributed by atoms with Gasteiger partial charge in [0.05, 0.1) is 7.11 Å². The molecule has 2 unspecified atom stereocenters. The Labute approximate surface area is 156 Å². The van der Waals surface area contributed by atoms with Gasteiger partial charge in [-0.3, -0.25) is 4.79 Å². The number of amides is 1. The number of benzene rings is 1. The number of piperidine rings is 1. The second kappa shape index (κ2) is 7.56. The van der Waals surface area contributed by atoms with Crippen molar-refractivity contribution < 1.29 is 17.9 Å². The van der Waals surface area contributed by atoms with Crippen molar-refractivity contribution in [2.75, 3.05) is 33.3 Å². The smallest absolute Gasteiger partial charge is 0.253 e. The maximum absolute atomic E-state index is 13.3. The van der Waals surface area contributed by atoms with Crippen LogP contribution >= 0.6 is 0 Å². The van der Waals surface area contributed by atoms with E-state index in [0.29, 0.717) is 30.5 Å². The summed E-state index contributed by atoms with van der Waals surface area (Å²) in [7, 11) is -2.26. The maximum atomic E-state index is 13.3. The molecule has 2 atom stereocenters. The molecule has 0 aliphatic carbocycles. The van der Waals surface area contributed by atoms with Crippen molar-refractivity contribution in [3.63, 3.8) is 0 Å².